The van der Waals surface area contributed by atoms with Crippen LogP contribution in [-0.2, 0) is 11.3 Å². The van der Waals surface area contributed by atoms with E-state index in [2.05, 4.69) is 107 Å². The first-order chi connectivity index (χ1) is 17.1. The predicted molar refractivity (Wildman–Crippen MR) is 140 cm³/mol. The van der Waals surface area contributed by atoms with Gasteiger partial charge in [-0.15, -0.1) is 0 Å². The minimum absolute atomic E-state index is 0.123. The summed E-state index contributed by atoms with van der Waals surface area (Å²) in [6, 6.07) is 29.5. The average molecular weight is 462 g/mol. The van der Waals surface area contributed by atoms with Crippen LogP contribution in [0, 0.1) is 6.92 Å². The Labute approximate surface area is 204 Å². The Kier molecular flexibility index (Phi) is 6.42. The summed E-state index contributed by atoms with van der Waals surface area (Å²) < 4.78 is 2.11. The summed E-state index contributed by atoms with van der Waals surface area (Å²) in [5.74, 6) is -0.789. The molecule has 0 atom stereocenters. The van der Waals surface area contributed by atoms with Crippen molar-refractivity contribution in [1.29, 1.82) is 0 Å². The number of nitrogens with zero attached hydrogens (tertiary/aromatic N) is 2. The lowest BCUT2D eigenvalue weighted by molar-refractivity contribution is -0.136. The minimum atomic E-state index is -0.789. The molecule has 0 unspecified atom stereocenters. The van der Waals surface area contributed by atoms with Crippen LogP contribution in [0.3, 0.4) is 0 Å². The first kappa shape index (κ1) is 22.6. The first-order valence-electron chi connectivity index (χ1n) is 11.7. The van der Waals surface area contributed by atoms with E-state index in [-0.39, 0.29) is 6.42 Å². The van der Waals surface area contributed by atoms with Gasteiger partial charge in [0.2, 0.25) is 0 Å². The van der Waals surface area contributed by atoms with E-state index in [1.807, 2.05) is 12.3 Å². The van der Waals surface area contributed by atoms with Crippen molar-refractivity contribution in [3.63, 3.8) is 0 Å². The molecule has 0 aliphatic carbocycles. The van der Waals surface area contributed by atoms with E-state index < -0.39 is 5.97 Å². The summed E-state index contributed by atoms with van der Waals surface area (Å²) >= 11 is 0. The molecule has 0 aliphatic rings. The number of carboxylic acid groups (broad SMARTS) is 1. The van der Waals surface area contributed by atoms with Gasteiger partial charge >= 0.3 is 5.97 Å². The Morgan fingerprint density at radius 3 is 2.37 bits per heavy atom. The number of carboxylic acids is 1. The maximum absolute atomic E-state index is 10.6. The molecule has 0 bridgehead atoms. The summed E-state index contributed by atoms with van der Waals surface area (Å²) in [5, 5.41) is 11.9. The van der Waals surface area contributed by atoms with Gasteiger partial charge in [-0.3, -0.25) is 9.20 Å². The van der Waals surface area contributed by atoms with E-state index in [1.54, 1.807) is 0 Å². The Bertz CT molecular complexity index is 1470. The quantitative estimate of drug-likeness (QED) is 0.270. The number of imidazole rings is 1. The second-order valence-electron chi connectivity index (χ2n) is 8.65. The van der Waals surface area contributed by atoms with Gasteiger partial charge in [0, 0.05) is 24.8 Å². The Hall–Kier alpha value is -4.22. The maximum Gasteiger partial charge on any atom is 0.304 e. The Morgan fingerprint density at radius 1 is 0.886 bits per heavy atom. The summed E-state index contributed by atoms with van der Waals surface area (Å²) in [4.78, 5) is 15.3. The largest absolute Gasteiger partial charge is 0.481 e. The first-order valence-corrected chi connectivity index (χ1v) is 11.7. The zero-order valence-electron chi connectivity index (χ0n) is 19.6. The number of hydrogen-bond acceptors (Lipinski definition) is 3. The second-order valence-corrected chi connectivity index (χ2v) is 8.65. The molecular formula is C30H27N3O2. The zero-order chi connectivity index (χ0) is 24.2. The molecule has 35 heavy (non-hydrogen) atoms. The van der Waals surface area contributed by atoms with Crippen LogP contribution in [0.5, 0.6) is 0 Å². The Morgan fingerprint density at radius 2 is 1.63 bits per heavy atom. The van der Waals surface area contributed by atoms with E-state index in [4.69, 9.17) is 5.11 Å². The molecule has 2 heterocycles. The minimum Gasteiger partial charge on any atom is -0.481 e. The highest BCUT2D eigenvalue weighted by atomic mass is 16.4. The fourth-order valence-corrected chi connectivity index (χ4v) is 4.46. The molecule has 0 fully saturated rings. The fraction of sp³-hybridized carbons (Fsp3) is 0.133. The number of fused-ring (bicyclic) bond motifs is 1. The van der Waals surface area contributed by atoms with Gasteiger partial charge in [0.15, 0.2) is 0 Å². The van der Waals surface area contributed by atoms with E-state index in [9.17, 15) is 4.79 Å². The van der Waals surface area contributed by atoms with Crippen LogP contribution in [0.2, 0.25) is 0 Å². The number of rotatable bonds is 8. The third kappa shape index (κ3) is 4.86. The van der Waals surface area contributed by atoms with Crippen molar-refractivity contribution in [3.8, 4) is 33.5 Å². The number of nitrogens with one attached hydrogen (secondary N) is 1. The van der Waals surface area contributed by atoms with Crippen LogP contribution in [0.25, 0.3) is 39.2 Å². The van der Waals surface area contributed by atoms with Crippen molar-refractivity contribution in [2.24, 2.45) is 0 Å². The number of aromatic nitrogens is 2. The maximum atomic E-state index is 10.6. The van der Waals surface area contributed by atoms with Crippen molar-refractivity contribution >= 4 is 11.6 Å². The van der Waals surface area contributed by atoms with Gasteiger partial charge in [-0.25, -0.2) is 4.98 Å². The molecule has 0 saturated heterocycles. The van der Waals surface area contributed by atoms with Gasteiger partial charge in [-0.05, 0) is 52.4 Å². The molecule has 5 heteroatoms. The van der Waals surface area contributed by atoms with Crippen LogP contribution in [0.1, 0.15) is 17.5 Å². The molecule has 3 aromatic carbocycles. The van der Waals surface area contributed by atoms with Crippen LogP contribution in [0.15, 0.2) is 97.3 Å². The van der Waals surface area contributed by atoms with Crippen LogP contribution >= 0.6 is 0 Å². The SMILES string of the molecule is Cc1c(-c2ccccc2)cccc1-c1ccn2c(-c3ccc(CNCCC(=O)O)cc3)cnc2c1. The number of aliphatic carboxylic acids is 1. The van der Waals surface area contributed by atoms with Gasteiger partial charge in [0.25, 0.3) is 0 Å². The van der Waals surface area contributed by atoms with Gasteiger partial charge in [0.1, 0.15) is 5.65 Å². The Balaban J connectivity index is 1.39. The molecule has 0 amide bonds. The average Bonchev–Trinajstić information content (AvgIpc) is 3.31. The molecule has 174 valence electrons. The number of carbonyl (C=O) groups is 1. The topological polar surface area (TPSA) is 66.6 Å². The highest BCUT2D eigenvalue weighted by Gasteiger charge is 2.11. The lowest BCUT2D eigenvalue weighted by Gasteiger charge is -2.12. The van der Waals surface area contributed by atoms with E-state index >= 15 is 0 Å². The molecule has 5 rings (SSSR count). The molecule has 0 saturated carbocycles. The van der Waals surface area contributed by atoms with E-state index in [1.165, 1.54) is 22.3 Å². The van der Waals surface area contributed by atoms with Crippen LogP contribution < -0.4 is 5.32 Å². The summed E-state index contributed by atoms with van der Waals surface area (Å²) in [6.07, 6.45) is 4.12. The van der Waals surface area contributed by atoms with Gasteiger partial charge in [-0.2, -0.15) is 0 Å². The lowest BCUT2D eigenvalue weighted by Crippen LogP contribution is -2.17. The second kappa shape index (κ2) is 9.95. The number of hydrogen-bond donors (Lipinski definition) is 2. The van der Waals surface area contributed by atoms with Crippen molar-refractivity contribution in [1.82, 2.24) is 14.7 Å². The summed E-state index contributed by atoms with van der Waals surface area (Å²) in [6.45, 7) is 3.28. The fourth-order valence-electron chi connectivity index (χ4n) is 4.46. The monoisotopic (exact) mass is 461 g/mol. The molecule has 5 nitrogen and oxygen atoms in total. The van der Waals surface area contributed by atoms with E-state index in [0.717, 1.165) is 28.0 Å². The van der Waals surface area contributed by atoms with Crippen molar-refractivity contribution in [3.05, 3.63) is 108 Å². The molecule has 0 radical (unpaired) electrons. The zero-order valence-corrected chi connectivity index (χ0v) is 19.6. The molecule has 0 aliphatic heterocycles. The third-order valence-corrected chi connectivity index (χ3v) is 6.34. The predicted octanol–water partition coefficient (Wildman–Crippen LogP) is 6.21. The van der Waals surface area contributed by atoms with Crippen LogP contribution in [0.4, 0.5) is 0 Å². The van der Waals surface area contributed by atoms with Crippen molar-refractivity contribution in [2.75, 3.05) is 6.54 Å². The molecule has 2 N–H and O–H groups in total. The number of pyridine rings is 1. The lowest BCUT2D eigenvalue weighted by atomic mass is 9.93. The molecule has 2 aromatic heterocycles. The highest BCUT2D eigenvalue weighted by Crippen LogP contribution is 2.33. The molecule has 5 aromatic rings. The summed E-state index contributed by atoms with van der Waals surface area (Å²) in [7, 11) is 0. The highest BCUT2D eigenvalue weighted by molar-refractivity contribution is 5.80. The van der Waals surface area contributed by atoms with Gasteiger partial charge in [-0.1, -0.05) is 72.8 Å². The third-order valence-electron chi connectivity index (χ3n) is 6.34. The van der Waals surface area contributed by atoms with E-state index in [0.29, 0.717) is 13.1 Å². The normalized spacial score (nSPS) is 11.1. The van der Waals surface area contributed by atoms with Gasteiger partial charge in [0.05, 0.1) is 18.3 Å². The van der Waals surface area contributed by atoms with Crippen molar-refractivity contribution < 1.29 is 9.90 Å². The molecule has 0 spiro atoms. The van der Waals surface area contributed by atoms with Crippen molar-refractivity contribution in [2.45, 2.75) is 19.9 Å². The van der Waals surface area contributed by atoms with Crippen LogP contribution in [-0.4, -0.2) is 27.0 Å². The smallest absolute Gasteiger partial charge is 0.304 e. The molecular weight excluding hydrogens is 434 g/mol. The summed E-state index contributed by atoms with van der Waals surface area (Å²) in [5.41, 5.74) is 10.2. The standard InChI is InChI=1S/C30H27N3O2/c1-21-26(23-6-3-2-4-7-23)8-5-9-27(21)25-15-17-33-28(20-32-29(33)18-25)24-12-10-22(11-13-24)19-31-16-14-30(34)35/h2-13,15,17-18,20,31H,14,16,19H2,1H3,(H,34,35). The van der Waals surface area contributed by atoms with Gasteiger partial charge < -0.3 is 10.4 Å². The number of benzene rings is 3.